The summed E-state index contributed by atoms with van der Waals surface area (Å²) in [5, 5.41) is 0. The number of esters is 1. The van der Waals surface area contributed by atoms with Crippen LogP contribution in [0.5, 0.6) is 0 Å². The van der Waals surface area contributed by atoms with Crippen LogP contribution in [-0.4, -0.2) is 11.9 Å². The van der Waals surface area contributed by atoms with E-state index in [0.717, 1.165) is 18.3 Å². The highest BCUT2D eigenvalue weighted by molar-refractivity contribution is 14.1. The van der Waals surface area contributed by atoms with Crippen LogP contribution in [0.2, 0.25) is 0 Å². The molecule has 0 atom stereocenters. The lowest BCUT2D eigenvalue weighted by Gasteiger charge is -1.98. The lowest BCUT2D eigenvalue weighted by atomic mass is 10.2. The molecule has 21 heavy (non-hydrogen) atoms. The maximum absolute atomic E-state index is 11.9. The van der Waals surface area contributed by atoms with Crippen LogP contribution in [0.15, 0.2) is 59.2 Å². The van der Waals surface area contributed by atoms with Gasteiger partial charge >= 0.3 is 5.97 Å². The van der Waals surface area contributed by atoms with E-state index in [1.165, 1.54) is 0 Å². The highest BCUT2D eigenvalue weighted by Gasteiger charge is 2.23. The number of rotatable bonds is 2. The molecule has 0 saturated carbocycles. The molecule has 1 aliphatic heterocycles. The second-order valence-corrected chi connectivity index (χ2v) is 6.89. The number of cyclic esters (lactones) is 1. The number of ether oxygens (including phenoxy) is 1. The Morgan fingerprint density at radius 2 is 1.76 bits per heavy atom. The third kappa shape index (κ3) is 3.52. The summed E-state index contributed by atoms with van der Waals surface area (Å²) < 4.78 is 7.47. The summed E-state index contributed by atoms with van der Waals surface area (Å²) in [7, 11) is 0. The number of carbonyl (C=O) groups excluding carboxylic acids is 1. The molecule has 0 aliphatic carbocycles. The monoisotopic (exact) mass is 501 g/mol. The van der Waals surface area contributed by atoms with Crippen molar-refractivity contribution in [2.45, 2.75) is 0 Å². The third-order valence-corrected chi connectivity index (χ3v) is 4.25. The van der Waals surface area contributed by atoms with Crippen LogP contribution in [0, 0.1) is 7.14 Å². The molecule has 0 spiro atoms. The molecular weight excluding hydrogens is 492 g/mol. The number of aliphatic imine (C=N–C) groups is 1. The molecule has 104 valence electrons. The summed E-state index contributed by atoms with van der Waals surface area (Å²) in [5.74, 6) is -0.0595. The SMILES string of the molecule is O=C1OC(c2ccc(I)cc2)=N/C1=C/c1cccc(I)c1. The summed E-state index contributed by atoms with van der Waals surface area (Å²) in [5.41, 5.74) is 2.06. The van der Waals surface area contributed by atoms with Crippen molar-refractivity contribution < 1.29 is 9.53 Å². The van der Waals surface area contributed by atoms with Crippen molar-refractivity contribution in [3.05, 3.63) is 72.5 Å². The molecule has 0 N–H and O–H groups in total. The average molecular weight is 501 g/mol. The molecule has 0 unspecified atom stereocenters. The number of halogens is 2. The smallest absolute Gasteiger partial charge is 0.363 e. The van der Waals surface area contributed by atoms with Gasteiger partial charge in [-0.05, 0) is 93.2 Å². The largest absolute Gasteiger partial charge is 0.402 e. The van der Waals surface area contributed by atoms with E-state index in [1.54, 1.807) is 6.08 Å². The van der Waals surface area contributed by atoms with Gasteiger partial charge < -0.3 is 4.74 Å². The minimum Gasteiger partial charge on any atom is -0.402 e. The zero-order valence-corrected chi connectivity index (χ0v) is 15.0. The van der Waals surface area contributed by atoms with Crippen LogP contribution in [0.1, 0.15) is 11.1 Å². The van der Waals surface area contributed by atoms with Crippen molar-refractivity contribution in [2.24, 2.45) is 4.99 Å². The average Bonchev–Trinajstić information content (AvgIpc) is 2.81. The summed E-state index contributed by atoms with van der Waals surface area (Å²) in [4.78, 5) is 16.2. The molecule has 0 radical (unpaired) electrons. The zero-order chi connectivity index (χ0) is 14.8. The van der Waals surface area contributed by atoms with Crippen molar-refractivity contribution >= 4 is 63.1 Å². The molecule has 3 nitrogen and oxygen atoms in total. The van der Waals surface area contributed by atoms with E-state index in [1.807, 2.05) is 48.5 Å². The van der Waals surface area contributed by atoms with Gasteiger partial charge in [0.05, 0.1) is 0 Å². The van der Waals surface area contributed by atoms with Crippen molar-refractivity contribution in [3.63, 3.8) is 0 Å². The topological polar surface area (TPSA) is 38.7 Å². The van der Waals surface area contributed by atoms with E-state index in [4.69, 9.17) is 4.74 Å². The standard InChI is InChI=1S/C16H9I2NO2/c17-12-6-4-11(5-7-12)15-19-14(16(20)21-15)9-10-2-1-3-13(18)8-10/h1-9H/b14-9+. The van der Waals surface area contributed by atoms with Gasteiger partial charge in [-0.3, -0.25) is 0 Å². The number of hydrogen-bond donors (Lipinski definition) is 0. The Morgan fingerprint density at radius 3 is 2.48 bits per heavy atom. The van der Waals surface area contributed by atoms with Crippen LogP contribution in [0.25, 0.3) is 6.08 Å². The summed E-state index contributed by atoms with van der Waals surface area (Å²) in [6.07, 6.45) is 1.74. The number of carbonyl (C=O) groups is 1. The predicted octanol–water partition coefficient (Wildman–Crippen LogP) is 4.24. The van der Waals surface area contributed by atoms with Gasteiger partial charge in [-0.2, -0.15) is 0 Å². The fourth-order valence-electron chi connectivity index (χ4n) is 1.88. The maximum atomic E-state index is 11.9. The summed E-state index contributed by atoms with van der Waals surface area (Å²) in [6.45, 7) is 0. The molecule has 0 bridgehead atoms. The van der Waals surface area contributed by atoms with Crippen molar-refractivity contribution in [1.82, 2.24) is 0 Å². The van der Waals surface area contributed by atoms with Gasteiger partial charge in [0, 0.05) is 12.7 Å². The van der Waals surface area contributed by atoms with Crippen molar-refractivity contribution in [1.29, 1.82) is 0 Å². The normalized spacial score (nSPS) is 16.0. The van der Waals surface area contributed by atoms with Gasteiger partial charge in [0.25, 0.3) is 0 Å². The molecule has 0 fully saturated rings. The Labute approximate surface area is 149 Å². The molecule has 2 aromatic carbocycles. The Balaban J connectivity index is 1.93. The van der Waals surface area contributed by atoms with E-state index < -0.39 is 5.97 Å². The molecule has 2 aromatic rings. The van der Waals surface area contributed by atoms with Gasteiger partial charge in [-0.1, -0.05) is 12.1 Å². The number of hydrogen-bond acceptors (Lipinski definition) is 3. The van der Waals surface area contributed by atoms with Gasteiger partial charge in [-0.15, -0.1) is 0 Å². The van der Waals surface area contributed by atoms with Crippen LogP contribution < -0.4 is 0 Å². The summed E-state index contributed by atoms with van der Waals surface area (Å²) >= 11 is 4.46. The van der Waals surface area contributed by atoms with E-state index in [2.05, 4.69) is 50.2 Å². The van der Waals surface area contributed by atoms with E-state index in [9.17, 15) is 4.79 Å². The minimum absolute atomic E-state index is 0.325. The molecule has 1 heterocycles. The first kappa shape index (κ1) is 14.7. The number of nitrogens with zero attached hydrogens (tertiary/aromatic N) is 1. The lowest BCUT2D eigenvalue weighted by molar-refractivity contribution is -0.129. The van der Waals surface area contributed by atoms with Gasteiger partial charge in [0.1, 0.15) is 0 Å². The first-order chi connectivity index (χ1) is 10.1. The van der Waals surface area contributed by atoms with Gasteiger partial charge in [-0.25, -0.2) is 9.79 Å². The van der Waals surface area contributed by atoms with Gasteiger partial charge in [0.2, 0.25) is 5.90 Å². The summed E-state index contributed by atoms with van der Waals surface area (Å²) in [6, 6.07) is 15.5. The predicted molar refractivity (Wildman–Crippen MR) is 98.9 cm³/mol. The maximum Gasteiger partial charge on any atom is 0.363 e. The fourth-order valence-corrected chi connectivity index (χ4v) is 2.81. The van der Waals surface area contributed by atoms with Crippen LogP contribution in [-0.2, 0) is 9.53 Å². The molecule has 0 amide bonds. The Hall–Kier alpha value is -1.22. The first-order valence-electron chi connectivity index (χ1n) is 6.16. The fraction of sp³-hybridized carbons (Fsp3) is 0. The van der Waals surface area contributed by atoms with Crippen molar-refractivity contribution in [2.75, 3.05) is 0 Å². The quantitative estimate of drug-likeness (QED) is 0.351. The minimum atomic E-state index is -0.414. The van der Waals surface area contributed by atoms with Crippen LogP contribution >= 0.6 is 45.2 Å². The highest BCUT2D eigenvalue weighted by Crippen LogP contribution is 2.20. The van der Waals surface area contributed by atoms with E-state index in [0.29, 0.717) is 11.6 Å². The molecule has 0 aromatic heterocycles. The molecule has 3 rings (SSSR count). The van der Waals surface area contributed by atoms with Crippen LogP contribution in [0.4, 0.5) is 0 Å². The second-order valence-electron chi connectivity index (χ2n) is 4.40. The Kier molecular flexibility index (Phi) is 4.39. The Bertz CT molecular complexity index is 764. The first-order valence-corrected chi connectivity index (χ1v) is 8.32. The van der Waals surface area contributed by atoms with Crippen LogP contribution in [0.3, 0.4) is 0 Å². The Morgan fingerprint density at radius 1 is 1.00 bits per heavy atom. The molecule has 0 saturated heterocycles. The third-order valence-electron chi connectivity index (χ3n) is 2.86. The molecule has 1 aliphatic rings. The zero-order valence-electron chi connectivity index (χ0n) is 10.7. The van der Waals surface area contributed by atoms with Gasteiger partial charge in [0.15, 0.2) is 5.70 Å². The van der Waals surface area contributed by atoms with E-state index in [-0.39, 0.29) is 0 Å². The lowest BCUT2D eigenvalue weighted by Crippen LogP contribution is -2.05. The molecular formula is C16H9I2NO2. The second kappa shape index (κ2) is 6.27. The number of benzene rings is 2. The highest BCUT2D eigenvalue weighted by atomic mass is 127. The molecule has 5 heteroatoms. The van der Waals surface area contributed by atoms with E-state index >= 15 is 0 Å². The van der Waals surface area contributed by atoms with Crippen molar-refractivity contribution in [3.8, 4) is 0 Å².